The molecule has 0 saturated carbocycles. The Morgan fingerprint density at radius 1 is 0.931 bits per heavy atom. The highest BCUT2D eigenvalue weighted by Gasteiger charge is 2.16. The second-order valence-electron chi connectivity index (χ2n) is 7.00. The van der Waals surface area contributed by atoms with Gasteiger partial charge in [-0.3, -0.25) is 9.78 Å². The van der Waals surface area contributed by atoms with Crippen LogP contribution in [0.2, 0.25) is 0 Å². The van der Waals surface area contributed by atoms with Gasteiger partial charge in [-0.25, -0.2) is 4.98 Å². The number of hydrogen-bond donors (Lipinski definition) is 2. The highest BCUT2D eigenvalue weighted by molar-refractivity contribution is 9.10. The van der Waals surface area contributed by atoms with Gasteiger partial charge in [0.05, 0.1) is 16.4 Å². The molecule has 6 heteroatoms. The number of fused-ring (bicyclic) bond motifs is 7. The van der Waals surface area contributed by atoms with Gasteiger partial charge in [-0.1, -0.05) is 40.2 Å². The molecule has 2 N–H and O–H groups in total. The predicted octanol–water partition coefficient (Wildman–Crippen LogP) is 5.54. The summed E-state index contributed by atoms with van der Waals surface area (Å²) in [6.07, 6.45) is 5.32. The molecule has 0 fully saturated rings. The van der Waals surface area contributed by atoms with E-state index >= 15 is 0 Å². The first-order valence-electron chi connectivity index (χ1n) is 9.16. The summed E-state index contributed by atoms with van der Waals surface area (Å²) in [5, 5.41) is 5.47. The maximum atomic E-state index is 12.7. The molecular weight excluding hydrogens is 428 g/mol. The molecule has 3 aromatic heterocycles. The van der Waals surface area contributed by atoms with E-state index in [4.69, 9.17) is 4.98 Å². The number of imidazole rings is 1. The van der Waals surface area contributed by atoms with Crippen molar-refractivity contribution in [2.24, 2.45) is 0 Å². The van der Waals surface area contributed by atoms with Gasteiger partial charge in [0, 0.05) is 44.8 Å². The number of pyridine rings is 2. The van der Waals surface area contributed by atoms with Crippen LogP contribution in [0.15, 0.2) is 76.4 Å². The maximum Gasteiger partial charge on any atom is 0.256 e. The minimum Gasteiger partial charge on any atom is -0.337 e. The van der Waals surface area contributed by atoms with Gasteiger partial charge in [0.25, 0.3) is 5.56 Å². The van der Waals surface area contributed by atoms with Crippen LogP contribution in [-0.4, -0.2) is 19.9 Å². The van der Waals surface area contributed by atoms with Crippen molar-refractivity contribution in [3.8, 4) is 11.4 Å². The van der Waals surface area contributed by atoms with Crippen LogP contribution in [0, 0.1) is 0 Å². The smallest absolute Gasteiger partial charge is 0.256 e. The van der Waals surface area contributed by atoms with Gasteiger partial charge in [-0.2, -0.15) is 0 Å². The third-order valence-electron chi connectivity index (χ3n) is 5.38. The topological polar surface area (TPSA) is 74.4 Å². The summed E-state index contributed by atoms with van der Waals surface area (Å²) in [7, 11) is 0. The lowest BCUT2D eigenvalue weighted by Crippen LogP contribution is -2.05. The number of H-pyrrole nitrogens is 2. The van der Waals surface area contributed by atoms with Crippen molar-refractivity contribution in [1.29, 1.82) is 0 Å². The summed E-state index contributed by atoms with van der Waals surface area (Å²) >= 11 is 3.53. The van der Waals surface area contributed by atoms with Crippen LogP contribution >= 0.6 is 15.9 Å². The molecule has 29 heavy (non-hydrogen) atoms. The van der Waals surface area contributed by atoms with Crippen molar-refractivity contribution in [2.45, 2.75) is 0 Å². The van der Waals surface area contributed by atoms with Crippen molar-refractivity contribution < 1.29 is 0 Å². The fourth-order valence-corrected chi connectivity index (χ4v) is 4.46. The van der Waals surface area contributed by atoms with Crippen LogP contribution in [0.25, 0.3) is 54.7 Å². The lowest BCUT2D eigenvalue weighted by molar-refractivity contribution is 1.28. The zero-order valence-corrected chi connectivity index (χ0v) is 16.6. The third-order valence-corrected chi connectivity index (χ3v) is 5.87. The first-order chi connectivity index (χ1) is 14.2. The van der Waals surface area contributed by atoms with Crippen molar-refractivity contribution >= 4 is 59.3 Å². The van der Waals surface area contributed by atoms with Gasteiger partial charge in [-0.15, -0.1) is 0 Å². The molecule has 0 atom stereocenters. The van der Waals surface area contributed by atoms with Crippen LogP contribution in [0.4, 0.5) is 0 Å². The Morgan fingerprint density at radius 3 is 2.79 bits per heavy atom. The molecule has 0 spiro atoms. The van der Waals surface area contributed by atoms with E-state index in [2.05, 4.69) is 30.9 Å². The van der Waals surface area contributed by atoms with Crippen molar-refractivity contribution in [3.05, 3.63) is 81.9 Å². The van der Waals surface area contributed by atoms with Gasteiger partial charge in [0.2, 0.25) is 0 Å². The van der Waals surface area contributed by atoms with Gasteiger partial charge >= 0.3 is 0 Å². The van der Waals surface area contributed by atoms with Crippen LogP contribution in [0.3, 0.4) is 0 Å². The lowest BCUT2D eigenvalue weighted by atomic mass is 10.0. The van der Waals surface area contributed by atoms with Crippen molar-refractivity contribution in [1.82, 2.24) is 19.9 Å². The average molecular weight is 441 g/mol. The van der Waals surface area contributed by atoms with E-state index in [1.54, 1.807) is 12.4 Å². The summed E-state index contributed by atoms with van der Waals surface area (Å²) in [5.41, 5.74) is 2.61. The van der Waals surface area contributed by atoms with Crippen LogP contribution in [0.5, 0.6) is 0 Å². The Kier molecular flexibility index (Phi) is 3.40. The Morgan fingerprint density at radius 2 is 1.86 bits per heavy atom. The van der Waals surface area contributed by atoms with E-state index in [0.717, 1.165) is 53.8 Å². The number of benzene rings is 3. The third kappa shape index (κ3) is 2.36. The molecule has 6 aromatic rings. The van der Waals surface area contributed by atoms with Crippen LogP contribution < -0.4 is 5.56 Å². The number of aromatic amines is 2. The summed E-state index contributed by atoms with van der Waals surface area (Å²) < 4.78 is 0.922. The van der Waals surface area contributed by atoms with Gasteiger partial charge in [0.1, 0.15) is 5.82 Å². The summed E-state index contributed by atoms with van der Waals surface area (Å²) in [6, 6.07) is 16.0. The highest BCUT2D eigenvalue weighted by atomic mass is 79.9. The molecule has 0 saturated heterocycles. The molecule has 0 aliphatic rings. The van der Waals surface area contributed by atoms with Crippen molar-refractivity contribution in [3.63, 3.8) is 0 Å². The van der Waals surface area contributed by atoms with E-state index in [1.165, 1.54) is 0 Å². The summed E-state index contributed by atoms with van der Waals surface area (Å²) in [6.45, 7) is 0. The molecule has 5 nitrogen and oxygen atoms in total. The molecule has 138 valence electrons. The average Bonchev–Trinajstić information content (AvgIpc) is 3.19. The monoisotopic (exact) mass is 440 g/mol. The minimum absolute atomic E-state index is 0.111. The number of hydrogen-bond acceptors (Lipinski definition) is 3. The molecule has 3 aromatic carbocycles. The Bertz CT molecular complexity index is 1640. The highest BCUT2D eigenvalue weighted by Crippen LogP contribution is 2.36. The Balaban J connectivity index is 1.81. The molecule has 0 unspecified atom stereocenters. The van der Waals surface area contributed by atoms with Crippen LogP contribution in [-0.2, 0) is 0 Å². The first kappa shape index (κ1) is 16.4. The first-order valence-corrected chi connectivity index (χ1v) is 9.95. The summed E-state index contributed by atoms with van der Waals surface area (Å²) in [4.78, 5) is 28.2. The summed E-state index contributed by atoms with van der Waals surface area (Å²) in [5.74, 6) is 0.772. The van der Waals surface area contributed by atoms with Crippen molar-refractivity contribution in [2.75, 3.05) is 0 Å². The maximum absolute atomic E-state index is 12.7. The molecule has 0 aliphatic carbocycles. The van der Waals surface area contributed by atoms with E-state index in [1.807, 2.05) is 54.7 Å². The van der Waals surface area contributed by atoms with E-state index in [-0.39, 0.29) is 5.56 Å². The second kappa shape index (κ2) is 5.99. The zero-order chi connectivity index (χ0) is 19.5. The van der Waals surface area contributed by atoms with E-state index < -0.39 is 0 Å². The predicted molar refractivity (Wildman–Crippen MR) is 120 cm³/mol. The number of aromatic nitrogens is 4. The Hall–Kier alpha value is -3.51. The normalized spacial score (nSPS) is 11.8. The molecule has 0 radical (unpaired) electrons. The zero-order valence-electron chi connectivity index (χ0n) is 15.0. The molecule has 3 heterocycles. The molecule has 6 rings (SSSR count). The lowest BCUT2D eigenvalue weighted by Gasteiger charge is -2.05. The number of nitrogens with zero attached hydrogens (tertiary/aromatic N) is 2. The molecule has 0 amide bonds. The number of rotatable bonds is 1. The molecule has 0 bridgehead atoms. The second-order valence-corrected chi connectivity index (χ2v) is 7.91. The SMILES string of the molecule is O=c1[nH]ccc2c3[nH]c(-c4cccc5cnccc45)nc3c3ccc(Br)cc3c12. The van der Waals surface area contributed by atoms with Gasteiger partial charge < -0.3 is 9.97 Å². The van der Waals surface area contributed by atoms with Gasteiger partial charge in [0.15, 0.2) is 0 Å². The van der Waals surface area contributed by atoms with E-state index in [0.29, 0.717) is 5.39 Å². The minimum atomic E-state index is -0.111. The van der Waals surface area contributed by atoms with Crippen LogP contribution in [0.1, 0.15) is 0 Å². The largest absolute Gasteiger partial charge is 0.337 e. The fourth-order valence-electron chi connectivity index (χ4n) is 4.10. The Labute approximate surface area is 172 Å². The van der Waals surface area contributed by atoms with Gasteiger partial charge in [-0.05, 0) is 35.0 Å². The number of nitrogens with one attached hydrogen (secondary N) is 2. The number of halogens is 1. The quantitative estimate of drug-likeness (QED) is 0.329. The molecular formula is C23H13BrN4O. The standard InChI is InChI=1S/C23H13BrN4O/c24-13-4-5-15-18(10-13)19-17(7-9-26-23(19)29)21-20(15)27-22(28-21)16-3-1-2-12-11-25-8-6-14(12)16/h1-11H,(H,26,29)(H,27,28). The van der Waals surface area contributed by atoms with E-state index in [9.17, 15) is 4.79 Å². The molecule has 0 aliphatic heterocycles. The fraction of sp³-hybridized carbons (Fsp3) is 0.